The van der Waals surface area contributed by atoms with Crippen LogP contribution >= 0.6 is 0 Å². The van der Waals surface area contributed by atoms with E-state index < -0.39 is 17.9 Å². The van der Waals surface area contributed by atoms with E-state index in [1.807, 2.05) is 0 Å². The first-order chi connectivity index (χ1) is 8.16. The highest BCUT2D eigenvalue weighted by atomic mass is 16.5. The number of carbonyl (C=O) groups excluding carboxylic acids is 1. The molecule has 2 rings (SSSR count). The van der Waals surface area contributed by atoms with Crippen LogP contribution in [-0.4, -0.2) is 56.4 Å². The molecule has 92 valence electrons. The van der Waals surface area contributed by atoms with Crippen LogP contribution in [0.5, 0.6) is 0 Å². The number of nitrogens with zero attached hydrogens (tertiary/aromatic N) is 4. The van der Waals surface area contributed by atoms with Gasteiger partial charge in [-0.3, -0.25) is 9.59 Å². The minimum Gasteiger partial charge on any atom is -0.481 e. The zero-order valence-electron chi connectivity index (χ0n) is 8.81. The summed E-state index contributed by atoms with van der Waals surface area (Å²) in [6.07, 6.45) is 1.30. The van der Waals surface area contributed by atoms with Gasteiger partial charge < -0.3 is 15.2 Å². The Morgan fingerprint density at radius 1 is 1.53 bits per heavy atom. The topological polar surface area (TPSA) is 119 Å². The molecule has 0 bridgehead atoms. The number of hydrogen-bond acceptors (Lipinski definition) is 6. The van der Waals surface area contributed by atoms with Gasteiger partial charge in [0.1, 0.15) is 18.8 Å². The van der Waals surface area contributed by atoms with Crippen molar-refractivity contribution in [2.24, 2.45) is 5.92 Å². The second kappa shape index (κ2) is 4.87. The van der Waals surface area contributed by atoms with Crippen LogP contribution in [0.1, 0.15) is 0 Å². The smallest absolute Gasteiger partial charge is 0.311 e. The standard InChI is InChI=1S/C8H11N5O4/c14-7(1-13-4-9-11-12-13)10-6-3-17-2-5(6)8(15)16/h4-6H,1-3H2,(H,10,14)(H,15,16). The average Bonchev–Trinajstić information content (AvgIpc) is 2.88. The molecular weight excluding hydrogens is 230 g/mol. The Morgan fingerprint density at radius 2 is 2.35 bits per heavy atom. The lowest BCUT2D eigenvalue weighted by Gasteiger charge is -2.15. The predicted octanol–water partition coefficient (Wildman–Crippen LogP) is -2.11. The third kappa shape index (κ3) is 2.75. The summed E-state index contributed by atoms with van der Waals surface area (Å²) in [6, 6.07) is -0.503. The molecule has 2 unspecified atom stereocenters. The summed E-state index contributed by atoms with van der Waals surface area (Å²) in [7, 11) is 0. The Balaban J connectivity index is 1.88. The van der Waals surface area contributed by atoms with Gasteiger partial charge in [0.15, 0.2) is 0 Å². The number of tetrazole rings is 1. The van der Waals surface area contributed by atoms with Gasteiger partial charge in [0.25, 0.3) is 0 Å². The Bertz CT molecular complexity index is 406. The normalized spacial score (nSPS) is 23.5. The Kier molecular flexibility index (Phi) is 3.28. The average molecular weight is 241 g/mol. The second-order valence-corrected chi connectivity index (χ2v) is 3.66. The van der Waals surface area contributed by atoms with Crippen molar-refractivity contribution in [1.29, 1.82) is 0 Å². The van der Waals surface area contributed by atoms with Crippen LogP contribution in [0, 0.1) is 5.92 Å². The first-order valence-corrected chi connectivity index (χ1v) is 4.97. The third-order valence-corrected chi connectivity index (χ3v) is 2.44. The molecule has 2 atom stereocenters. The van der Waals surface area contributed by atoms with Crippen molar-refractivity contribution in [1.82, 2.24) is 25.5 Å². The van der Waals surface area contributed by atoms with Gasteiger partial charge in [-0.15, -0.1) is 5.10 Å². The largest absolute Gasteiger partial charge is 0.481 e. The van der Waals surface area contributed by atoms with Gasteiger partial charge in [0.05, 0.1) is 19.3 Å². The molecule has 1 aliphatic rings. The van der Waals surface area contributed by atoms with E-state index in [-0.39, 0.29) is 25.7 Å². The zero-order chi connectivity index (χ0) is 12.3. The molecule has 9 nitrogen and oxygen atoms in total. The number of ether oxygens (including phenoxy) is 1. The van der Waals surface area contributed by atoms with Crippen molar-refractivity contribution in [3.05, 3.63) is 6.33 Å². The molecule has 0 aromatic carbocycles. The number of rotatable bonds is 4. The molecule has 9 heteroatoms. The summed E-state index contributed by atoms with van der Waals surface area (Å²) in [6.45, 7) is 0.277. The fourth-order valence-electron chi connectivity index (χ4n) is 1.59. The Labute approximate surface area is 95.7 Å². The summed E-state index contributed by atoms with van der Waals surface area (Å²) in [4.78, 5) is 22.4. The number of aliphatic carboxylic acids is 1. The maximum Gasteiger partial charge on any atom is 0.311 e. The van der Waals surface area contributed by atoms with Crippen LogP contribution in [0.2, 0.25) is 0 Å². The molecule has 0 radical (unpaired) electrons. The van der Waals surface area contributed by atoms with E-state index in [4.69, 9.17) is 9.84 Å². The maximum atomic E-state index is 11.6. The number of carboxylic acid groups (broad SMARTS) is 1. The van der Waals surface area contributed by atoms with E-state index in [1.54, 1.807) is 0 Å². The zero-order valence-corrected chi connectivity index (χ0v) is 8.81. The van der Waals surface area contributed by atoms with Crippen LogP contribution in [0.25, 0.3) is 0 Å². The molecule has 2 heterocycles. The second-order valence-electron chi connectivity index (χ2n) is 3.66. The number of hydrogen-bond donors (Lipinski definition) is 2. The molecule has 17 heavy (non-hydrogen) atoms. The molecule has 2 N–H and O–H groups in total. The fraction of sp³-hybridized carbons (Fsp3) is 0.625. The highest BCUT2D eigenvalue weighted by Gasteiger charge is 2.34. The lowest BCUT2D eigenvalue weighted by atomic mass is 10.0. The monoisotopic (exact) mass is 241 g/mol. The number of carbonyl (C=O) groups is 2. The van der Waals surface area contributed by atoms with E-state index in [1.165, 1.54) is 11.0 Å². The summed E-state index contributed by atoms with van der Waals surface area (Å²) in [5, 5.41) is 21.8. The SMILES string of the molecule is O=C(Cn1cnnn1)NC1COCC1C(=O)O. The number of amides is 1. The van der Waals surface area contributed by atoms with Gasteiger partial charge >= 0.3 is 5.97 Å². The van der Waals surface area contributed by atoms with Crippen LogP contribution < -0.4 is 5.32 Å². The lowest BCUT2D eigenvalue weighted by Crippen LogP contribution is -2.44. The molecular formula is C8H11N5O4. The molecule has 1 saturated heterocycles. The van der Waals surface area contributed by atoms with E-state index in [2.05, 4.69) is 20.8 Å². The highest BCUT2D eigenvalue weighted by Crippen LogP contribution is 2.13. The molecule has 1 aliphatic heterocycles. The first kappa shape index (κ1) is 11.5. The summed E-state index contributed by atoms with van der Waals surface area (Å²) in [5.74, 6) is -2.03. The highest BCUT2D eigenvalue weighted by molar-refractivity contribution is 5.78. The first-order valence-electron chi connectivity index (χ1n) is 4.97. The van der Waals surface area contributed by atoms with E-state index in [9.17, 15) is 9.59 Å². The van der Waals surface area contributed by atoms with Crippen LogP contribution in [0.15, 0.2) is 6.33 Å². The van der Waals surface area contributed by atoms with Crippen LogP contribution in [0.3, 0.4) is 0 Å². The third-order valence-electron chi connectivity index (χ3n) is 2.44. The predicted molar refractivity (Wildman–Crippen MR) is 51.7 cm³/mol. The molecule has 0 saturated carbocycles. The quantitative estimate of drug-likeness (QED) is 0.619. The van der Waals surface area contributed by atoms with Crippen LogP contribution in [0.4, 0.5) is 0 Å². The minimum absolute atomic E-state index is 0.0458. The van der Waals surface area contributed by atoms with Crippen LogP contribution in [-0.2, 0) is 20.9 Å². The lowest BCUT2D eigenvalue weighted by molar-refractivity contribution is -0.142. The van der Waals surface area contributed by atoms with Crippen molar-refractivity contribution >= 4 is 11.9 Å². The molecule has 0 spiro atoms. The van der Waals surface area contributed by atoms with Crippen molar-refractivity contribution in [2.75, 3.05) is 13.2 Å². The number of carboxylic acids is 1. The van der Waals surface area contributed by atoms with E-state index in [0.717, 1.165) is 0 Å². The van der Waals surface area contributed by atoms with Crippen molar-refractivity contribution < 1.29 is 19.4 Å². The summed E-state index contributed by atoms with van der Waals surface area (Å²) < 4.78 is 6.28. The number of nitrogens with one attached hydrogen (secondary N) is 1. The van der Waals surface area contributed by atoms with E-state index >= 15 is 0 Å². The molecule has 1 aromatic rings. The molecule has 0 aliphatic carbocycles. The van der Waals surface area contributed by atoms with Gasteiger partial charge in [0.2, 0.25) is 5.91 Å². The molecule has 1 fully saturated rings. The maximum absolute atomic E-state index is 11.6. The fourth-order valence-corrected chi connectivity index (χ4v) is 1.59. The summed E-state index contributed by atoms with van der Waals surface area (Å²) >= 11 is 0. The van der Waals surface area contributed by atoms with Gasteiger partial charge in [-0.2, -0.15) is 0 Å². The van der Waals surface area contributed by atoms with Gasteiger partial charge in [-0.25, -0.2) is 4.68 Å². The van der Waals surface area contributed by atoms with Gasteiger partial charge in [0, 0.05) is 0 Å². The Hall–Kier alpha value is -2.03. The van der Waals surface area contributed by atoms with Crippen molar-refractivity contribution in [3.63, 3.8) is 0 Å². The summed E-state index contributed by atoms with van der Waals surface area (Å²) in [5.41, 5.74) is 0. The van der Waals surface area contributed by atoms with Gasteiger partial charge in [-0.05, 0) is 10.4 Å². The Morgan fingerprint density at radius 3 is 3.00 bits per heavy atom. The van der Waals surface area contributed by atoms with Crippen molar-refractivity contribution in [3.8, 4) is 0 Å². The number of aromatic nitrogens is 4. The minimum atomic E-state index is -0.977. The molecule has 1 amide bonds. The van der Waals surface area contributed by atoms with E-state index in [0.29, 0.717) is 0 Å². The van der Waals surface area contributed by atoms with Gasteiger partial charge in [-0.1, -0.05) is 0 Å². The molecule has 1 aromatic heterocycles. The van der Waals surface area contributed by atoms with Crippen molar-refractivity contribution in [2.45, 2.75) is 12.6 Å².